The van der Waals surface area contributed by atoms with Gasteiger partial charge in [0.15, 0.2) is 23.3 Å². The van der Waals surface area contributed by atoms with Crippen molar-refractivity contribution in [1.82, 2.24) is 15.5 Å². The molecule has 1 aromatic carbocycles. The van der Waals surface area contributed by atoms with Crippen LogP contribution in [0.25, 0.3) is 0 Å². The zero-order valence-electron chi connectivity index (χ0n) is 14.9. The van der Waals surface area contributed by atoms with E-state index in [4.69, 9.17) is 14.0 Å². The van der Waals surface area contributed by atoms with Gasteiger partial charge in [0, 0.05) is 38.2 Å². The minimum atomic E-state index is 0. The number of aryl methyl sites for hydroxylation is 2. The molecule has 142 valence electrons. The van der Waals surface area contributed by atoms with Gasteiger partial charge >= 0.3 is 0 Å². The largest absolute Gasteiger partial charge is 0.490 e. The van der Waals surface area contributed by atoms with Gasteiger partial charge in [-0.25, -0.2) is 0 Å². The van der Waals surface area contributed by atoms with Gasteiger partial charge < -0.3 is 24.6 Å². The maximum absolute atomic E-state index is 5.71. The molecule has 2 heterocycles. The molecular formula is C17H24IN5O3. The monoisotopic (exact) mass is 473 g/mol. The molecule has 1 aliphatic heterocycles. The van der Waals surface area contributed by atoms with E-state index in [-0.39, 0.29) is 24.0 Å². The summed E-state index contributed by atoms with van der Waals surface area (Å²) in [5.74, 6) is 3.54. The summed E-state index contributed by atoms with van der Waals surface area (Å²) in [5.41, 5.74) is 0.893. The fraction of sp³-hybridized carbons (Fsp3) is 0.471. The van der Waals surface area contributed by atoms with E-state index < -0.39 is 0 Å². The average molecular weight is 473 g/mol. The molecule has 0 bridgehead atoms. The Balaban J connectivity index is 0.00000243. The Morgan fingerprint density at radius 1 is 1.23 bits per heavy atom. The highest BCUT2D eigenvalue weighted by Gasteiger charge is 2.11. The number of hydrogen-bond donors (Lipinski definition) is 2. The number of aromatic nitrogens is 2. The Morgan fingerprint density at radius 2 is 2.04 bits per heavy atom. The summed E-state index contributed by atoms with van der Waals surface area (Å²) >= 11 is 0. The summed E-state index contributed by atoms with van der Waals surface area (Å²) in [6.07, 6.45) is 2.48. The average Bonchev–Trinajstić information content (AvgIpc) is 2.89. The third-order valence-electron chi connectivity index (χ3n) is 3.66. The van der Waals surface area contributed by atoms with Crippen LogP contribution in [0.15, 0.2) is 27.7 Å². The van der Waals surface area contributed by atoms with Crippen LogP contribution in [0, 0.1) is 6.92 Å². The number of anilines is 1. The van der Waals surface area contributed by atoms with Crippen molar-refractivity contribution in [3.8, 4) is 11.5 Å². The molecule has 1 aromatic heterocycles. The topological polar surface area (TPSA) is 93.8 Å². The van der Waals surface area contributed by atoms with Gasteiger partial charge in [-0.05, 0) is 25.5 Å². The molecule has 0 unspecified atom stereocenters. The minimum Gasteiger partial charge on any atom is -0.490 e. The van der Waals surface area contributed by atoms with Crippen LogP contribution < -0.4 is 20.1 Å². The molecule has 2 N–H and O–H groups in total. The zero-order chi connectivity index (χ0) is 17.5. The number of nitrogens with one attached hydrogen (secondary N) is 2. The third kappa shape index (κ3) is 5.75. The minimum absolute atomic E-state index is 0. The van der Waals surface area contributed by atoms with E-state index in [9.17, 15) is 0 Å². The highest BCUT2D eigenvalue weighted by molar-refractivity contribution is 14.0. The Kier molecular flexibility index (Phi) is 7.95. The SMILES string of the molecule is CN=C(NCCCc1nc(C)no1)Nc1ccc2c(c1)OCCCO2.I. The lowest BCUT2D eigenvalue weighted by Crippen LogP contribution is -2.31. The number of benzene rings is 1. The molecule has 0 amide bonds. The van der Waals surface area contributed by atoms with E-state index in [1.54, 1.807) is 7.05 Å². The first kappa shape index (κ1) is 20.3. The standard InChI is InChI=1S/C17H23N5O3.HI/c1-12-20-16(25-22-12)5-3-8-19-17(18-2)21-13-6-7-14-15(11-13)24-10-4-9-23-14;/h6-7,11H,3-5,8-10H2,1-2H3,(H2,18,19,21);1H. The second-order valence-corrected chi connectivity index (χ2v) is 5.67. The molecule has 0 saturated heterocycles. The summed E-state index contributed by atoms with van der Waals surface area (Å²) < 4.78 is 16.4. The molecule has 0 radical (unpaired) electrons. The van der Waals surface area contributed by atoms with Crippen LogP contribution in [0.4, 0.5) is 5.69 Å². The first-order valence-corrected chi connectivity index (χ1v) is 8.41. The van der Waals surface area contributed by atoms with Crippen molar-refractivity contribution in [3.63, 3.8) is 0 Å². The van der Waals surface area contributed by atoms with Crippen molar-refractivity contribution >= 4 is 35.6 Å². The van der Waals surface area contributed by atoms with E-state index in [1.807, 2.05) is 25.1 Å². The van der Waals surface area contributed by atoms with Crippen LogP contribution in [0.2, 0.25) is 0 Å². The van der Waals surface area contributed by atoms with Gasteiger partial charge in [0.2, 0.25) is 5.89 Å². The molecule has 0 spiro atoms. The van der Waals surface area contributed by atoms with Gasteiger partial charge in [-0.1, -0.05) is 5.16 Å². The molecule has 1 aliphatic rings. The smallest absolute Gasteiger partial charge is 0.226 e. The van der Waals surface area contributed by atoms with E-state index in [0.29, 0.717) is 30.9 Å². The predicted octanol–water partition coefficient (Wildman–Crippen LogP) is 2.78. The predicted molar refractivity (Wildman–Crippen MR) is 110 cm³/mol. The molecule has 26 heavy (non-hydrogen) atoms. The third-order valence-corrected chi connectivity index (χ3v) is 3.66. The molecule has 0 fully saturated rings. The Hall–Kier alpha value is -2.04. The van der Waals surface area contributed by atoms with Crippen LogP contribution in [0.1, 0.15) is 24.6 Å². The number of hydrogen-bond acceptors (Lipinski definition) is 6. The van der Waals surface area contributed by atoms with Gasteiger partial charge in [-0.2, -0.15) is 4.98 Å². The second kappa shape index (κ2) is 10.2. The van der Waals surface area contributed by atoms with E-state index >= 15 is 0 Å². The molecule has 9 heteroatoms. The molecule has 3 rings (SSSR count). The number of rotatable bonds is 5. The zero-order valence-corrected chi connectivity index (χ0v) is 17.3. The highest BCUT2D eigenvalue weighted by Crippen LogP contribution is 2.32. The van der Waals surface area contributed by atoms with Crippen LogP contribution in [-0.4, -0.2) is 42.9 Å². The maximum Gasteiger partial charge on any atom is 0.226 e. The summed E-state index contributed by atoms with van der Waals surface area (Å²) in [7, 11) is 1.74. The highest BCUT2D eigenvalue weighted by atomic mass is 127. The lowest BCUT2D eigenvalue weighted by Gasteiger charge is -2.13. The Labute approximate surface area is 169 Å². The second-order valence-electron chi connectivity index (χ2n) is 5.67. The summed E-state index contributed by atoms with van der Waals surface area (Å²) in [6, 6.07) is 5.78. The summed E-state index contributed by atoms with van der Waals surface area (Å²) in [5, 5.41) is 10.3. The van der Waals surface area contributed by atoms with Gasteiger partial charge in [0.05, 0.1) is 13.2 Å². The van der Waals surface area contributed by atoms with Gasteiger partial charge in [0.25, 0.3) is 0 Å². The Morgan fingerprint density at radius 3 is 2.77 bits per heavy atom. The molecule has 2 aromatic rings. The maximum atomic E-state index is 5.71. The van der Waals surface area contributed by atoms with Crippen molar-refractivity contribution < 1.29 is 14.0 Å². The van der Waals surface area contributed by atoms with Crippen molar-refractivity contribution in [2.24, 2.45) is 4.99 Å². The summed E-state index contributed by atoms with van der Waals surface area (Å²) in [4.78, 5) is 8.42. The van der Waals surface area contributed by atoms with Gasteiger partial charge in [0.1, 0.15) is 0 Å². The van der Waals surface area contributed by atoms with Crippen LogP contribution in [0.3, 0.4) is 0 Å². The quantitative estimate of drug-likeness (QED) is 0.299. The van der Waals surface area contributed by atoms with Gasteiger partial charge in [-0.15, -0.1) is 24.0 Å². The fourth-order valence-electron chi connectivity index (χ4n) is 2.44. The number of guanidine groups is 1. The normalized spacial score (nSPS) is 13.5. The molecule has 0 aliphatic carbocycles. The lowest BCUT2D eigenvalue weighted by molar-refractivity contribution is 0.297. The number of aliphatic imine (C=N–C) groups is 1. The lowest BCUT2D eigenvalue weighted by atomic mass is 10.2. The molecular weight excluding hydrogens is 449 g/mol. The van der Waals surface area contributed by atoms with Crippen LogP contribution in [0.5, 0.6) is 11.5 Å². The molecule has 0 saturated carbocycles. The first-order chi connectivity index (χ1) is 12.2. The van der Waals surface area contributed by atoms with Crippen LogP contribution in [-0.2, 0) is 6.42 Å². The van der Waals surface area contributed by atoms with Crippen molar-refractivity contribution in [1.29, 1.82) is 0 Å². The molecule has 0 atom stereocenters. The number of fused-ring (bicyclic) bond motifs is 1. The van der Waals surface area contributed by atoms with Gasteiger partial charge in [-0.3, -0.25) is 4.99 Å². The Bertz CT molecular complexity index is 735. The van der Waals surface area contributed by atoms with Crippen LogP contribution >= 0.6 is 24.0 Å². The van der Waals surface area contributed by atoms with E-state index in [2.05, 4.69) is 25.8 Å². The van der Waals surface area contributed by atoms with Crippen molar-refractivity contribution in [3.05, 3.63) is 29.9 Å². The number of halogens is 1. The number of ether oxygens (including phenoxy) is 2. The van der Waals surface area contributed by atoms with Crippen molar-refractivity contribution in [2.45, 2.75) is 26.2 Å². The molecule has 8 nitrogen and oxygen atoms in total. The fourth-order valence-corrected chi connectivity index (χ4v) is 2.44. The van der Waals surface area contributed by atoms with E-state index in [0.717, 1.165) is 43.0 Å². The summed E-state index contributed by atoms with van der Waals surface area (Å²) in [6.45, 7) is 3.90. The first-order valence-electron chi connectivity index (χ1n) is 8.41. The number of nitrogens with zero attached hydrogens (tertiary/aromatic N) is 3. The van der Waals surface area contributed by atoms with Crippen molar-refractivity contribution in [2.75, 3.05) is 32.1 Å². The van der Waals surface area contributed by atoms with E-state index in [1.165, 1.54) is 0 Å².